The highest BCUT2D eigenvalue weighted by atomic mass is 16.5. The third kappa shape index (κ3) is 4.30. The average molecular weight is 265 g/mol. The van der Waals surface area contributed by atoms with E-state index in [9.17, 15) is 14.7 Å². The molecule has 0 heterocycles. The summed E-state index contributed by atoms with van der Waals surface area (Å²) in [6.07, 6.45) is 1.33. The number of hydrogen-bond donors (Lipinski definition) is 3. The summed E-state index contributed by atoms with van der Waals surface area (Å²) >= 11 is 0. The minimum atomic E-state index is -0.844. The number of likely N-dealkylation sites (N-methyl/N-ethyl adjacent to an activating group) is 1. The number of carbonyl (C=O) groups is 2. The first kappa shape index (κ1) is 14.5. The maximum absolute atomic E-state index is 11.2. The summed E-state index contributed by atoms with van der Waals surface area (Å²) < 4.78 is 4.92. The molecule has 0 aromatic heterocycles. The second kappa shape index (κ2) is 7.00. The van der Waals surface area contributed by atoms with Crippen LogP contribution in [0.5, 0.6) is 11.5 Å². The SMILES string of the molecule is CCNC(=O)C(=O)N/N=C\c1ccc(O)c(OC)c1. The Morgan fingerprint density at radius 1 is 1.42 bits per heavy atom. The summed E-state index contributed by atoms with van der Waals surface area (Å²) in [4.78, 5) is 22.3. The molecule has 1 aromatic carbocycles. The van der Waals surface area contributed by atoms with Gasteiger partial charge in [-0.3, -0.25) is 9.59 Å². The van der Waals surface area contributed by atoms with Crippen molar-refractivity contribution in [3.63, 3.8) is 0 Å². The lowest BCUT2D eigenvalue weighted by Crippen LogP contribution is -2.37. The predicted octanol–water partition coefficient (Wildman–Crippen LogP) is -0.0130. The molecule has 102 valence electrons. The van der Waals surface area contributed by atoms with Crippen LogP contribution in [0.15, 0.2) is 23.3 Å². The van der Waals surface area contributed by atoms with Gasteiger partial charge in [-0.15, -0.1) is 0 Å². The Kier molecular flexibility index (Phi) is 5.34. The molecule has 2 amide bonds. The quantitative estimate of drug-likeness (QED) is 0.405. The van der Waals surface area contributed by atoms with Gasteiger partial charge in [0.1, 0.15) is 0 Å². The van der Waals surface area contributed by atoms with E-state index >= 15 is 0 Å². The normalized spacial score (nSPS) is 10.2. The van der Waals surface area contributed by atoms with E-state index in [1.807, 2.05) is 0 Å². The van der Waals surface area contributed by atoms with Crippen molar-refractivity contribution in [3.05, 3.63) is 23.8 Å². The van der Waals surface area contributed by atoms with Gasteiger partial charge in [0.05, 0.1) is 13.3 Å². The van der Waals surface area contributed by atoms with Crippen molar-refractivity contribution in [2.75, 3.05) is 13.7 Å². The Hall–Kier alpha value is -2.57. The van der Waals surface area contributed by atoms with Crippen LogP contribution in [0.3, 0.4) is 0 Å². The van der Waals surface area contributed by atoms with Crippen molar-refractivity contribution in [3.8, 4) is 11.5 Å². The minimum Gasteiger partial charge on any atom is -0.504 e. The van der Waals surface area contributed by atoms with Gasteiger partial charge in [-0.2, -0.15) is 5.10 Å². The summed E-state index contributed by atoms with van der Waals surface area (Å²) in [5.74, 6) is -1.29. The van der Waals surface area contributed by atoms with Crippen molar-refractivity contribution < 1.29 is 19.4 Å². The number of aromatic hydroxyl groups is 1. The number of hydrogen-bond acceptors (Lipinski definition) is 5. The Labute approximate surface area is 110 Å². The van der Waals surface area contributed by atoms with Gasteiger partial charge in [0, 0.05) is 6.54 Å². The summed E-state index contributed by atoms with van der Waals surface area (Å²) in [6, 6.07) is 4.56. The topological polar surface area (TPSA) is 100 Å². The largest absolute Gasteiger partial charge is 0.504 e. The molecule has 0 aliphatic rings. The molecule has 0 aliphatic heterocycles. The van der Waals surface area contributed by atoms with E-state index in [2.05, 4.69) is 15.8 Å². The van der Waals surface area contributed by atoms with Gasteiger partial charge in [0.2, 0.25) is 0 Å². The van der Waals surface area contributed by atoms with E-state index < -0.39 is 11.8 Å². The van der Waals surface area contributed by atoms with Gasteiger partial charge in [-0.1, -0.05) is 0 Å². The standard InChI is InChI=1S/C12H15N3O4/c1-3-13-11(17)12(18)15-14-7-8-4-5-9(16)10(6-8)19-2/h4-7,16H,3H2,1-2H3,(H,13,17)(H,15,18)/b14-7-. The van der Waals surface area contributed by atoms with Gasteiger partial charge in [0.15, 0.2) is 11.5 Å². The Balaban J connectivity index is 2.62. The molecule has 1 aromatic rings. The first-order valence-corrected chi connectivity index (χ1v) is 5.56. The molecule has 0 spiro atoms. The fourth-order valence-corrected chi connectivity index (χ4v) is 1.23. The lowest BCUT2D eigenvalue weighted by atomic mass is 10.2. The first-order chi connectivity index (χ1) is 9.08. The lowest BCUT2D eigenvalue weighted by Gasteiger charge is -2.03. The highest BCUT2D eigenvalue weighted by Gasteiger charge is 2.10. The van der Waals surface area contributed by atoms with Crippen LogP contribution in [-0.4, -0.2) is 36.8 Å². The summed E-state index contributed by atoms with van der Waals surface area (Å²) in [5.41, 5.74) is 2.69. The van der Waals surface area contributed by atoms with Crippen LogP contribution in [0.1, 0.15) is 12.5 Å². The fourth-order valence-electron chi connectivity index (χ4n) is 1.23. The highest BCUT2D eigenvalue weighted by molar-refractivity contribution is 6.35. The average Bonchev–Trinajstić information content (AvgIpc) is 2.40. The maximum Gasteiger partial charge on any atom is 0.329 e. The zero-order valence-corrected chi connectivity index (χ0v) is 10.6. The molecule has 0 aliphatic carbocycles. The molecular weight excluding hydrogens is 250 g/mol. The third-order valence-corrected chi connectivity index (χ3v) is 2.13. The number of amides is 2. The number of phenolic OH excluding ortho intramolecular Hbond substituents is 1. The van der Waals surface area contributed by atoms with E-state index in [-0.39, 0.29) is 5.75 Å². The van der Waals surface area contributed by atoms with Crippen LogP contribution in [0.2, 0.25) is 0 Å². The Morgan fingerprint density at radius 3 is 2.79 bits per heavy atom. The van der Waals surface area contributed by atoms with Crippen LogP contribution in [0, 0.1) is 0 Å². The van der Waals surface area contributed by atoms with Crippen molar-refractivity contribution in [2.24, 2.45) is 5.10 Å². The van der Waals surface area contributed by atoms with Crippen molar-refractivity contribution in [1.29, 1.82) is 0 Å². The number of hydrazone groups is 1. The molecular formula is C12H15N3O4. The fraction of sp³-hybridized carbons (Fsp3) is 0.250. The molecule has 0 fully saturated rings. The van der Waals surface area contributed by atoms with E-state index in [1.54, 1.807) is 13.0 Å². The Morgan fingerprint density at radius 2 is 2.16 bits per heavy atom. The van der Waals surface area contributed by atoms with Gasteiger partial charge in [-0.05, 0) is 30.7 Å². The minimum absolute atomic E-state index is 0.00556. The van der Waals surface area contributed by atoms with Crippen molar-refractivity contribution in [1.82, 2.24) is 10.7 Å². The molecule has 7 heteroatoms. The van der Waals surface area contributed by atoms with Crippen molar-refractivity contribution in [2.45, 2.75) is 6.92 Å². The molecule has 0 saturated heterocycles. The molecule has 3 N–H and O–H groups in total. The monoisotopic (exact) mass is 265 g/mol. The second-order valence-electron chi connectivity index (χ2n) is 3.49. The van der Waals surface area contributed by atoms with Crippen LogP contribution in [0.4, 0.5) is 0 Å². The third-order valence-electron chi connectivity index (χ3n) is 2.13. The number of ether oxygens (including phenoxy) is 1. The molecule has 0 radical (unpaired) electrons. The van der Waals surface area contributed by atoms with Gasteiger partial charge >= 0.3 is 11.8 Å². The number of carbonyl (C=O) groups excluding carboxylic acids is 2. The van der Waals surface area contributed by atoms with Crippen LogP contribution in [-0.2, 0) is 9.59 Å². The van der Waals surface area contributed by atoms with Crippen molar-refractivity contribution >= 4 is 18.0 Å². The molecule has 1 rings (SSSR count). The van der Waals surface area contributed by atoms with Gasteiger partial charge < -0.3 is 15.2 Å². The smallest absolute Gasteiger partial charge is 0.329 e. The van der Waals surface area contributed by atoms with Crippen LogP contribution < -0.4 is 15.5 Å². The summed E-state index contributed by atoms with van der Waals surface area (Å²) in [5, 5.41) is 15.4. The van der Waals surface area contributed by atoms with Crippen LogP contribution in [0.25, 0.3) is 0 Å². The molecule has 0 unspecified atom stereocenters. The highest BCUT2D eigenvalue weighted by Crippen LogP contribution is 2.25. The number of methoxy groups -OCH3 is 1. The lowest BCUT2D eigenvalue weighted by molar-refractivity contribution is -0.139. The van der Waals surface area contributed by atoms with E-state index in [1.165, 1.54) is 25.5 Å². The molecule has 0 atom stereocenters. The van der Waals surface area contributed by atoms with E-state index in [4.69, 9.17) is 4.74 Å². The Bertz CT molecular complexity index is 500. The number of nitrogens with zero attached hydrogens (tertiary/aromatic N) is 1. The maximum atomic E-state index is 11.2. The number of rotatable bonds is 4. The number of benzene rings is 1. The molecule has 0 bridgehead atoms. The number of phenols is 1. The molecule has 7 nitrogen and oxygen atoms in total. The van der Waals surface area contributed by atoms with Gasteiger partial charge in [-0.25, -0.2) is 5.43 Å². The van der Waals surface area contributed by atoms with Crippen LogP contribution >= 0.6 is 0 Å². The molecule has 0 saturated carbocycles. The zero-order chi connectivity index (χ0) is 14.3. The van der Waals surface area contributed by atoms with Gasteiger partial charge in [0.25, 0.3) is 0 Å². The van der Waals surface area contributed by atoms with E-state index in [0.717, 1.165) is 0 Å². The summed E-state index contributed by atoms with van der Waals surface area (Å²) in [6.45, 7) is 2.07. The first-order valence-electron chi connectivity index (χ1n) is 5.56. The predicted molar refractivity (Wildman–Crippen MR) is 69.1 cm³/mol. The van der Waals surface area contributed by atoms with E-state index in [0.29, 0.717) is 17.9 Å². The second-order valence-corrected chi connectivity index (χ2v) is 3.49. The molecule has 19 heavy (non-hydrogen) atoms. The zero-order valence-electron chi connectivity index (χ0n) is 10.6. The summed E-state index contributed by atoms with van der Waals surface area (Å²) in [7, 11) is 1.42. The number of nitrogens with one attached hydrogen (secondary N) is 2.